The van der Waals surface area contributed by atoms with Gasteiger partial charge in [-0.15, -0.1) is 5.10 Å². The van der Waals surface area contributed by atoms with Gasteiger partial charge in [0.05, 0.1) is 17.8 Å². The second-order valence-electron chi connectivity index (χ2n) is 2.72. The molecule has 1 N–H and O–H groups in total. The lowest BCUT2D eigenvalue weighted by Crippen LogP contribution is -2.05. The topological polar surface area (TPSA) is 76.0 Å². The van der Waals surface area contributed by atoms with E-state index < -0.39 is 5.97 Å². The predicted molar refractivity (Wildman–Crippen MR) is 52.3 cm³/mol. The molecule has 0 bridgehead atoms. The molecule has 0 radical (unpaired) electrons. The lowest BCUT2D eigenvalue weighted by Gasteiger charge is -2.01. The molecular weight excluding hydrogens is 202 g/mol. The highest BCUT2D eigenvalue weighted by atomic mass is 32.2. The average molecular weight is 213 g/mol. The number of hydrogen-bond acceptors (Lipinski definition) is 5. The fraction of sp³-hybridized carbons (Fsp3) is 0.500. The van der Waals surface area contributed by atoms with Gasteiger partial charge in [-0.2, -0.15) is 5.10 Å². The van der Waals surface area contributed by atoms with Gasteiger partial charge in [0.25, 0.3) is 0 Å². The summed E-state index contributed by atoms with van der Waals surface area (Å²) in [7, 11) is 0. The molecule has 0 fully saturated rings. The van der Waals surface area contributed by atoms with Crippen molar-refractivity contribution in [2.45, 2.75) is 24.9 Å². The molecule has 1 heterocycles. The first kappa shape index (κ1) is 10.9. The first-order valence-electron chi connectivity index (χ1n) is 4.09. The summed E-state index contributed by atoms with van der Waals surface area (Å²) in [6, 6.07) is 0. The van der Waals surface area contributed by atoms with Gasteiger partial charge in [0.1, 0.15) is 0 Å². The van der Waals surface area contributed by atoms with E-state index in [9.17, 15) is 4.79 Å². The van der Waals surface area contributed by atoms with Gasteiger partial charge >= 0.3 is 5.97 Å². The third-order valence-electron chi connectivity index (χ3n) is 1.70. The van der Waals surface area contributed by atoms with Crippen LogP contribution in [0.25, 0.3) is 0 Å². The molecule has 14 heavy (non-hydrogen) atoms. The zero-order valence-corrected chi connectivity index (χ0v) is 8.84. The van der Waals surface area contributed by atoms with E-state index in [4.69, 9.17) is 5.11 Å². The van der Waals surface area contributed by atoms with Crippen LogP contribution in [0.4, 0.5) is 0 Å². The molecule has 1 aromatic heterocycles. The minimum absolute atomic E-state index is 0.0653. The Kier molecular flexibility index (Phi) is 3.82. The summed E-state index contributed by atoms with van der Waals surface area (Å²) in [6.45, 7) is 1.81. The summed E-state index contributed by atoms with van der Waals surface area (Å²) in [4.78, 5) is 14.5. The molecule has 1 aromatic rings. The molecule has 5 nitrogen and oxygen atoms in total. The van der Waals surface area contributed by atoms with Gasteiger partial charge in [0, 0.05) is 6.42 Å². The van der Waals surface area contributed by atoms with E-state index >= 15 is 0 Å². The first-order chi connectivity index (χ1) is 6.63. The molecule has 0 saturated heterocycles. The van der Waals surface area contributed by atoms with Gasteiger partial charge in [0.15, 0.2) is 0 Å². The molecule has 0 saturated carbocycles. The number of nitrogens with zero attached hydrogens (tertiary/aromatic N) is 3. The van der Waals surface area contributed by atoms with Crippen molar-refractivity contribution in [2.75, 3.05) is 6.26 Å². The third kappa shape index (κ3) is 2.95. The summed E-state index contributed by atoms with van der Waals surface area (Å²) in [6.07, 6.45) is 2.32. The van der Waals surface area contributed by atoms with E-state index in [0.717, 1.165) is 5.69 Å². The predicted octanol–water partition coefficient (Wildman–Crippen LogP) is 0.919. The van der Waals surface area contributed by atoms with Gasteiger partial charge in [-0.05, 0) is 13.2 Å². The molecule has 0 aliphatic heterocycles. The second kappa shape index (κ2) is 4.90. The van der Waals surface area contributed by atoms with Crippen molar-refractivity contribution in [1.82, 2.24) is 15.2 Å². The lowest BCUT2D eigenvalue weighted by molar-refractivity contribution is -0.136. The molecule has 0 spiro atoms. The van der Waals surface area contributed by atoms with Crippen LogP contribution in [0.1, 0.15) is 17.8 Å². The number of carbonyl (C=O) groups is 1. The summed E-state index contributed by atoms with van der Waals surface area (Å²) >= 11 is 1.42. The Hall–Kier alpha value is -1.17. The molecule has 0 amide bonds. The van der Waals surface area contributed by atoms with Crippen LogP contribution in [0.5, 0.6) is 0 Å². The van der Waals surface area contributed by atoms with E-state index in [1.165, 1.54) is 11.8 Å². The number of carboxylic acids is 1. The van der Waals surface area contributed by atoms with E-state index in [1.54, 1.807) is 0 Å². The van der Waals surface area contributed by atoms with Gasteiger partial charge in [-0.25, -0.2) is 4.98 Å². The number of aromatic nitrogens is 3. The fourth-order valence-electron chi connectivity index (χ4n) is 0.949. The van der Waals surface area contributed by atoms with E-state index in [-0.39, 0.29) is 6.42 Å². The van der Waals surface area contributed by atoms with Crippen molar-refractivity contribution in [1.29, 1.82) is 0 Å². The Bertz CT molecular complexity index is 343. The maximum absolute atomic E-state index is 10.3. The normalized spacial score (nSPS) is 10.1. The highest BCUT2D eigenvalue weighted by Crippen LogP contribution is 2.10. The zero-order chi connectivity index (χ0) is 10.6. The molecule has 0 aromatic carbocycles. The fourth-order valence-corrected chi connectivity index (χ4v) is 1.30. The summed E-state index contributed by atoms with van der Waals surface area (Å²) in [5.74, 6) is -0.833. The first-order valence-corrected chi connectivity index (χ1v) is 5.32. The SMILES string of the molecule is CSc1nnc(CCC(=O)O)c(C)n1. The van der Waals surface area contributed by atoms with Crippen LogP contribution < -0.4 is 0 Å². The average Bonchev–Trinajstić information content (AvgIpc) is 2.15. The molecule has 0 aliphatic carbocycles. The van der Waals surface area contributed by atoms with Gasteiger partial charge in [-0.3, -0.25) is 4.79 Å². The molecule has 0 unspecified atom stereocenters. The zero-order valence-electron chi connectivity index (χ0n) is 8.02. The monoisotopic (exact) mass is 213 g/mol. The van der Waals surface area contributed by atoms with Gasteiger partial charge in [0.2, 0.25) is 5.16 Å². The number of carboxylic acid groups (broad SMARTS) is 1. The number of hydrogen-bond donors (Lipinski definition) is 1. The highest BCUT2D eigenvalue weighted by molar-refractivity contribution is 7.98. The summed E-state index contributed by atoms with van der Waals surface area (Å²) in [5, 5.41) is 16.9. The van der Waals surface area contributed by atoms with Crippen LogP contribution >= 0.6 is 11.8 Å². The van der Waals surface area contributed by atoms with Crippen LogP contribution in [0.3, 0.4) is 0 Å². The minimum Gasteiger partial charge on any atom is -0.481 e. The van der Waals surface area contributed by atoms with E-state index in [1.807, 2.05) is 13.2 Å². The third-order valence-corrected chi connectivity index (χ3v) is 2.23. The molecule has 1 rings (SSSR count). The van der Waals surface area contributed by atoms with Crippen LogP contribution in [0, 0.1) is 6.92 Å². The largest absolute Gasteiger partial charge is 0.481 e. The van der Waals surface area contributed by atoms with E-state index in [0.29, 0.717) is 17.3 Å². The quantitative estimate of drug-likeness (QED) is 0.749. The maximum atomic E-state index is 10.3. The van der Waals surface area contributed by atoms with Crippen molar-refractivity contribution >= 4 is 17.7 Å². The van der Waals surface area contributed by atoms with Crippen molar-refractivity contribution in [3.63, 3.8) is 0 Å². The van der Waals surface area contributed by atoms with Crippen LogP contribution in [0.15, 0.2) is 5.16 Å². The Morgan fingerprint density at radius 3 is 2.71 bits per heavy atom. The van der Waals surface area contributed by atoms with Gasteiger partial charge in [-0.1, -0.05) is 11.8 Å². The van der Waals surface area contributed by atoms with Crippen molar-refractivity contribution < 1.29 is 9.90 Å². The number of aryl methyl sites for hydroxylation is 2. The van der Waals surface area contributed by atoms with Crippen molar-refractivity contribution in [2.24, 2.45) is 0 Å². The summed E-state index contributed by atoms with van der Waals surface area (Å²) < 4.78 is 0. The van der Waals surface area contributed by atoms with Crippen LogP contribution in [0.2, 0.25) is 0 Å². The highest BCUT2D eigenvalue weighted by Gasteiger charge is 2.06. The molecule has 6 heteroatoms. The smallest absolute Gasteiger partial charge is 0.303 e. The Labute approximate surface area is 86.0 Å². The standard InChI is InChI=1S/C8H11N3O2S/c1-5-6(3-4-7(12)13)10-11-8(9-5)14-2/h3-4H2,1-2H3,(H,12,13). The second-order valence-corrected chi connectivity index (χ2v) is 3.50. The Morgan fingerprint density at radius 2 is 2.21 bits per heavy atom. The van der Waals surface area contributed by atoms with Crippen LogP contribution in [-0.2, 0) is 11.2 Å². The number of thioether (sulfide) groups is 1. The van der Waals surface area contributed by atoms with Crippen LogP contribution in [-0.4, -0.2) is 32.5 Å². The van der Waals surface area contributed by atoms with Crippen molar-refractivity contribution in [3.05, 3.63) is 11.4 Å². The van der Waals surface area contributed by atoms with Gasteiger partial charge < -0.3 is 5.11 Å². The molecule has 76 valence electrons. The number of rotatable bonds is 4. The molecular formula is C8H11N3O2S. The Balaban J connectivity index is 2.73. The number of aliphatic carboxylic acids is 1. The maximum Gasteiger partial charge on any atom is 0.303 e. The molecule has 0 atom stereocenters. The van der Waals surface area contributed by atoms with E-state index in [2.05, 4.69) is 15.2 Å². The Morgan fingerprint density at radius 1 is 1.50 bits per heavy atom. The molecule has 0 aliphatic rings. The minimum atomic E-state index is -0.833. The lowest BCUT2D eigenvalue weighted by atomic mass is 10.2. The summed E-state index contributed by atoms with van der Waals surface area (Å²) in [5.41, 5.74) is 1.41. The van der Waals surface area contributed by atoms with Crippen molar-refractivity contribution in [3.8, 4) is 0 Å².